The third-order valence-corrected chi connectivity index (χ3v) is 3.95. The van der Waals surface area contributed by atoms with E-state index in [0.717, 1.165) is 11.1 Å². The Morgan fingerprint density at radius 3 is 1.65 bits per heavy atom. The fourth-order valence-electron chi connectivity index (χ4n) is 1.96. The third-order valence-electron chi connectivity index (χ3n) is 2.80. The van der Waals surface area contributed by atoms with Gasteiger partial charge in [0.2, 0.25) is 0 Å². The van der Waals surface area contributed by atoms with Crippen molar-refractivity contribution < 1.29 is 0 Å². The van der Waals surface area contributed by atoms with Gasteiger partial charge in [0, 0.05) is 31.3 Å². The first-order valence-corrected chi connectivity index (χ1v) is 6.03. The lowest BCUT2D eigenvalue weighted by atomic mass is 10.1. The molecule has 0 bridgehead atoms. The summed E-state index contributed by atoms with van der Waals surface area (Å²) in [5, 5.41) is 2.38. The summed E-state index contributed by atoms with van der Waals surface area (Å²) >= 11 is 1.76. The third kappa shape index (κ3) is 1.49. The molecule has 2 aromatic carbocycles. The number of terminal acetylenes is 2. The zero-order chi connectivity index (χ0) is 11.8. The Hall–Kier alpha value is -2.22. The Balaban J connectivity index is 2.47. The van der Waals surface area contributed by atoms with Crippen LogP contribution in [0.1, 0.15) is 11.1 Å². The molecule has 17 heavy (non-hydrogen) atoms. The second-order valence-electron chi connectivity index (χ2n) is 3.81. The standard InChI is InChI=1S/C16H8S/c1-3-11-5-7-15-13(9-11)14-10-12(4-2)6-8-16(14)17-15/h1-2,5-10H. The molecule has 0 aliphatic carbocycles. The van der Waals surface area contributed by atoms with E-state index in [4.69, 9.17) is 12.8 Å². The number of fused-ring (bicyclic) bond motifs is 3. The molecule has 1 heteroatoms. The topological polar surface area (TPSA) is 0 Å². The van der Waals surface area contributed by atoms with Crippen molar-refractivity contribution in [3.05, 3.63) is 47.5 Å². The minimum Gasteiger partial charge on any atom is -0.135 e. The van der Waals surface area contributed by atoms with Crippen LogP contribution in [-0.4, -0.2) is 0 Å². The van der Waals surface area contributed by atoms with E-state index in [1.165, 1.54) is 20.2 Å². The van der Waals surface area contributed by atoms with Crippen molar-refractivity contribution in [3.63, 3.8) is 0 Å². The predicted octanol–water partition coefficient (Wildman–Crippen LogP) is 4.02. The minimum atomic E-state index is 0.906. The van der Waals surface area contributed by atoms with Crippen LogP contribution >= 0.6 is 11.3 Å². The quantitative estimate of drug-likeness (QED) is 0.514. The molecule has 1 aromatic heterocycles. The van der Waals surface area contributed by atoms with Crippen LogP contribution < -0.4 is 0 Å². The zero-order valence-corrected chi connectivity index (χ0v) is 9.84. The summed E-state index contributed by atoms with van der Waals surface area (Å²) in [6.45, 7) is 0. The fourth-order valence-corrected chi connectivity index (χ4v) is 3.02. The number of hydrogen-bond donors (Lipinski definition) is 0. The minimum absolute atomic E-state index is 0.906. The molecule has 3 rings (SSSR count). The van der Waals surface area contributed by atoms with E-state index in [1.807, 2.05) is 12.1 Å². The molecular formula is C16H8S. The van der Waals surface area contributed by atoms with Crippen molar-refractivity contribution in [2.75, 3.05) is 0 Å². The molecule has 0 nitrogen and oxygen atoms in total. The Morgan fingerprint density at radius 2 is 1.24 bits per heavy atom. The average Bonchev–Trinajstić information content (AvgIpc) is 2.75. The lowest BCUT2D eigenvalue weighted by Crippen LogP contribution is -1.74. The van der Waals surface area contributed by atoms with Gasteiger partial charge >= 0.3 is 0 Å². The van der Waals surface area contributed by atoms with Gasteiger partial charge in [-0.3, -0.25) is 0 Å². The molecule has 0 amide bonds. The van der Waals surface area contributed by atoms with Gasteiger partial charge in [-0.05, 0) is 36.4 Å². The molecule has 3 aromatic rings. The molecule has 0 unspecified atom stereocenters. The number of rotatable bonds is 0. The second kappa shape index (κ2) is 3.67. The van der Waals surface area contributed by atoms with Gasteiger partial charge in [0.15, 0.2) is 0 Å². The van der Waals surface area contributed by atoms with Crippen LogP contribution in [-0.2, 0) is 0 Å². The van der Waals surface area contributed by atoms with Crippen molar-refractivity contribution in [2.45, 2.75) is 0 Å². The molecule has 0 saturated carbocycles. The van der Waals surface area contributed by atoms with E-state index in [0.29, 0.717) is 0 Å². The van der Waals surface area contributed by atoms with Crippen LogP contribution in [0.5, 0.6) is 0 Å². The molecule has 78 valence electrons. The SMILES string of the molecule is C#Cc1ccc2sc3ccc(C#C)cc3c2c1. The highest BCUT2D eigenvalue weighted by molar-refractivity contribution is 7.25. The highest BCUT2D eigenvalue weighted by atomic mass is 32.1. The van der Waals surface area contributed by atoms with E-state index in [2.05, 4.69) is 36.1 Å². The molecular weight excluding hydrogens is 224 g/mol. The van der Waals surface area contributed by atoms with E-state index < -0.39 is 0 Å². The smallest absolute Gasteiger partial charge is 0.0356 e. The van der Waals surface area contributed by atoms with Gasteiger partial charge < -0.3 is 0 Å². The van der Waals surface area contributed by atoms with Gasteiger partial charge in [-0.2, -0.15) is 0 Å². The van der Waals surface area contributed by atoms with Crippen LogP contribution in [0.4, 0.5) is 0 Å². The fraction of sp³-hybridized carbons (Fsp3) is 0. The molecule has 0 radical (unpaired) electrons. The zero-order valence-electron chi connectivity index (χ0n) is 9.03. The van der Waals surface area contributed by atoms with E-state index in [9.17, 15) is 0 Å². The number of thiophene rings is 1. The summed E-state index contributed by atoms with van der Waals surface area (Å²) in [4.78, 5) is 0. The number of hydrogen-bond acceptors (Lipinski definition) is 1. The van der Waals surface area contributed by atoms with Gasteiger partial charge in [0.25, 0.3) is 0 Å². The molecule has 1 heterocycles. The van der Waals surface area contributed by atoms with Gasteiger partial charge in [-0.25, -0.2) is 0 Å². The Kier molecular flexibility index (Phi) is 2.15. The van der Waals surface area contributed by atoms with Crippen LogP contribution in [0.3, 0.4) is 0 Å². The van der Waals surface area contributed by atoms with Crippen LogP contribution in [0, 0.1) is 24.7 Å². The van der Waals surface area contributed by atoms with E-state index in [-0.39, 0.29) is 0 Å². The summed E-state index contributed by atoms with van der Waals surface area (Å²) in [7, 11) is 0. The average molecular weight is 232 g/mol. The van der Waals surface area contributed by atoms with Crippen molar-refractivity contribution in [2.24, 2.45) is 0 Å². The Labute approximate surface area is 104 Å². The molecule has 0 aliphatic heterocycles. The van der Waals surface area contributed by atoms with Crippen LogP contribution in [0.25, 0.3) is 20.2 Å². The summed E-state index contributed by atoms with van der Waals surface area (Å²) in [5.74, 6) is 5.33. The highest BCUT2D eigenvalue weighted by Crippen LogP contribution is 2.34. The molecule has 0 aliphatic rings. The predicted molar refractivity (Wildman–Crippen MR) is 75.2 cm³/mol. The van der Waals surface area contributed by atoms with Crippen molar-refractivity contribution in [3.8, 4) is 24.7 Å². The molecule has 0 spiro atoms. The van der Waals surface area contributed by atoms with Crippen LogP contribution in [0.15, 0.2) is 36.4 Å². The highest BCUT2D eigenvalue weighted by Gasteiger charge is 2.05. The van der Waals surface area contributed by atoms with Crippen molar-refractivity contribution in [1.29, 1.82) is 0 Å². The Bertz CT molecular complexity index is 739. The maximum Gasteiger partial charge on any atom is 0.0356 e. The van der Waals surface area contributed by atoms with Crippen molar-refractivity contribution >= 4 is 31.5 Å². The summed E-state index contributed by atoms with van der Waals surface area (Å²) in [5.41, 5.74) is 1.81. The van der Waals surface area contributed by atoms with Gasteiger partial charge in [0.1, 0.15) is 0 Å². The maximum absolute atomic E-state index is 5.43. The molecule has 0 saturated heterocycles. The Morgan fingerprint density at radius 1 is 0.765 bits per heavy atom. The van der Waals surface area contributed by atoms with E-state index in [1.54, 1.807) is 11.3 Å². The lowest BCUT2D eigenvalue weighted by molar-refractivity contribution is 1.74. The van der Waals surface area contributed by atoms with Crippen molar-refractivity contribution in [1.82, 2.24) is 0 Å². The molecule has 0 N–H and O–H groups in total. The van der Waals surface area contributed by atoms with Gasteiger partial charge in [-0.1, -0.05) is 11.8 Å². The summed E-state index contributed by atoms with van der Waals surface area (Å²) in [6, 6.07) is 12.2. The molecule has 0 fully saturated rings. The van der Waals surface area contributed by atoms with Crippen LogP contribution in [0.2, 0.25) is 0 Å². The molecule has 0 atom stereocenters. The lowest BCUT2D eigenvalue weighted by Gasteiger charge is -1.94. The summed E-state index contributed by atoms with van der Waals surface area (Å²) < 4.78 is 2.49. The van der Waals surface area contributed by atoms with Gasteiger partial charge in [-0.15, -0.1) is 24.2 Å². The van der Waals surface area contributed by atoms with Gasteiger partial charge in [0.05, 0.1) is 0 Å². The number of benzene rings is 2. The van der Waals surface area contributed by atoms with E-state index >= 15 is 0 Å². The maximum atomic E-state index is 5.43. The second-order valence-corrected chi connectivity index (χ2v) is 4.90. The first kappa shape index (κ1) is 9.97. The first-order chi connectivity index (χ1) is 8.31. The largest absolute Gasteiger partial charge is 0.135 e. The summed E-state index contributed by atoms with van der Waals surface area (Å²) in [6.07, 6.45) is 10.9. The normalized spacial score (nSPS) is 10.2. The monoisotopic (exact) mass is 232 g/mol. The first-order valence-electron chi connectivity index (χ1n) is 5.21.